The summed E-state index contributed by atoms with van der Waals surface area (Å²) < 4.78 is 10.7. The van der Waals surface area contributed by atoms with Gasteiger partial charge in [0.1, 0.15) is 18.2 Å². The Balaban J connectivity index is 1.26. The van der Waals surface area contributed by atoms with Crippen molar-refractivity contribution in [3.63, 3.8) is 0 Å². The number of aryl methyl sites for hydroxylation is 1. The van der Waals surface area contributed by atoms with Gasteiger partial charge in [0.2, 0.25) is 0 Å². The number of anilines is 1. The molecule has 8 heteroatoms. The maximum absolute atomic E-state index is 12.0. The average Bonchev–Trinajstić information content (AvgIpc) is 3.30. The number of alkyl carbamates (subject to hydrolysis) is 1. The zero-order chi connectivity index (χ0) is 22.8. The summed E-state index contributed by atoms with van der Waals surface area (Å²) in [7, 11) is 0. The molecule has 2 aromatic carbocycles. The number of hydrogen-bond acceptors (Lipinski definition) is 7. The first kappa shape index (κ1) is 21.5. The summed E-state index contributed by atoms with van der Waals surface area (Å²) in [6.45, 7) is 5.18. The molecule has 1 atom stereocenters. The van der Waals surface area contributed by atoms with Crippen molar-refractivity contribution in [1.82, 2.24) is 15.3 Å². The van der Waals surface area contributed by atoms with Gasteiger partial charge in [0.15, 0.2) is 5.82 Å². The van der Waals surface area contributed by atoms with Gasteiger partial charge in [-0.15, -0.1) is 0 Å². The molecule has 1 amide bonds. The van der Waals surface area contributed by atoms with Crippen LogP contribution in [0.5, 0.6) is 5.75 Å². The molecular weight excluding hydrogens is 420 g/mol. The minimum absolute atomic E-state index is 0.0304. The maximum Gasteiger partial charge on any atom is 0.407 e. The lowest BCUT2D eigenvalue weighted by molar-refractivity contribution is 0.0434. The van der Waals surface area contributed by atoms with Crippen LogP contribution in [0.25, 0.3) is 22.3 Å². The third kappa shape index (κ3) is 4.71. The van der Waals surface area contributed by atoms with Gasteiger partial charge in [-0.1, -0.05) is 18.2 Å². The van der Waals surface area contributed by atoms with E-state index in [0.29, 0.717) is 30.5 Å². The van der Waals surface area contributed by atoms with Gasteiger partial charge in [0, 0.05) is 37.5 Å². The van der Waals surface area contributed by atoms with Crippen molar-refractivity contribution in [2.45, 2.75) is 25.9 Å². The molecule has 0 bridgehead atoms. The number of aromatic hydroxyl groups is 1. The Morgan fingerprint density at radius 3 is 2.88 bits per heavy atom. The number of para-hydroxylation sites is 1. The molecule has 0 radical (unpaired) electrons. The van der Waals surface area contributed by atoms with E-state index < -0.39 is 6.09 Å². The molecular formula is C25H28N4O4. The predicted molar refractivity (Wildman–Crippen MR) is 125 cm³/mol. The summed E-state index contributed by atoms with van der Waals surface area (Å²) in [5.74, 6) is 1.81. The molecule has 33 heavy (non-hydrogen) atoms. The Labute approximate surface area is 192 Å². The maximum atomic E-state index is 12.0. The molecule has 2 saturated heterocycles. The fraction of sp³-hybridized carbons (Fsp3) is 0.400. The number of phenolic OH excluding ortho intramolecular Hbond substituents is 1. The molecule has 0 saturated carbocycles. The summed E-state index contributed by atoms with van der Waals surface area (Å²) in [4.78, 5) is 23.7. The van der Waals surface area contributed by atoms with Crippen LogP contribution in [0.3, 0.4) is 0 Å². The number of phenols is 1. The number of nitrogens with one attached hydrogen (secondary N) is 1. The Kier molecular flexibility index (Phi) is 6.00. The Morgan fingerprint density at radius 2 is 2.09 bits per heavy atom. The van der Waals surface area contributed by atoms with E-state index in [1.165, 1.54) is 0 Å². The van der Waals surface area contributed by atoms with Crippen LogP contribution in [-0.2, 0) is 9.47 Å². The summed E-state index contributed by atoms with van der Waals surface area (Å²) in [6.07, 6.45) is 1.60. The van der Waals surface area contributed by atoms with Gasteiger partial charge in [-0.05, 0) is 49.6 Å². The van der Waals surface area contributed by atoms with Gasteiger partial charge < -0.3 is 24.8 Å². The lowest BCUT2D eigenvalue weighted by atomic mass is 9.99. The number of carbonyl (C=O) groups is 1. The Hall–Kier alpha value is -3.39. The van der Waals surface area contributed by atoms with Crippen molar-refractivity contribution in [3.05, 3.63) is 48.0 Å². The lowest BCUT2D eigenvalue weighted by Crippen LogP contribution is -2.52. The van der Waals surface area contributed by atoms with E-state index in [0.717, 1.165) is 54.8 Å². The SMILES string of the molecule is Cc1ccc2c(N3CC(CNC(=O)OCC4CCCO4)C3)nc(-c3ccccc3O)nc2c1. The number of carbonyl (C=O) groups excluding carboxylic acids is 1. The Bertz CT molecular complexity index is 1160. The van der Waals surface area contributed by atoms with Gasteiger partial charge >= 0.3 is 6.09 Å². The van der Waals surface area contributed by atoms with Gasteiger partial charge in [0.05, 0.1) is 17.2 Å². The van der Waals surface area contributed by atoms with Crippen LogP contribution >= 0.6 is 0 Å². The average molecular weight is 449 g/mol. The van der Waals surface area contributed by atoms with Crippen molar-refractivity contribution in [2.75, 3.05) is 37.7 Å². The number of fused-ring (bicyclic) bond motifs is 1. The fourth-order valence-electron chi connectivity index (χ4n) is 4.34. The monoisotopic (exact) mass is 448 g/mol. The number of ether oxygens (including phenoxy) is 2. The third-order valence-corrected chi connectivity index (χ3v) is 6.19. The highest BCUT2D eigenvalue weighted by Crippen LogP contribution is 2.34. The number of hydrogen-bond donors (Lipinski definition) is 2. The zero-order valence-corrected chi connectivity index (χ0v) is 18.7. The Morgan fingerprint density at radius 1 is 1.24 bits per heavy atom. The van der Waals surface area contributed by atoms with Crippen molar-refractivity contribution in [3.8, 4) is 17.1 Å². The largest absolute Gasteiger partial charge is 0.507 e. The van der Waals surface area contributed by atoms with Crippen LogP contribution in [0.1, 0.15) is 18.4 Å². The highest BCUT2D eigenvalue weighted by molar-refractivity contribution is 5.92. The van der Waals surface area contributed by atoms with Crippen LogP contribution in [0, 0.1) is 12.8 Å². The van der Waals surface area contributed by atoms with Crippen LogP contribution in [-0.4, -0.2) is 60.1 Å². The zero-order valence-electron chi connectivity index (χ0n) is 18.7. The highest BCUT2D eigenvalue weighted by atomic mass is 16.6. The number of benzene rings is 2. The summed E-state index contributed by atoms with van der Waals surface area (Å²) >= 11 is 0. The number of amides is 1. The van der Waals surface area contributed by atoms with Crippen LogP contribution in [0.2, 0.25) is 0 Å². The van der Waals surface area contributed by atoms with Crippen molar-refractivity contribution in [1.29, 1.82) is 0 Å². The van der Waals surface area contributed by atoms with Crippen molar-refractivity contribution < 1.29 is 19.4 Å². The minimum Gasteiger partial charge on any atom is -0.507 e. The van der Waals surface area contributed by atoms with Gasteiger partial charge in [-0.3, -0.25) is 0 Å². The molecule has 5 rings (SSSR count). The second-order valence-electron chi connectivity index (χ2n) is 8.79. The van der Waals surface area contributed by atoms with E-state index in [-0.39, 0.29) is 11.9 Å². The van der Waals surface area contributed by atoms with Crippen LogP contribution < -0.4 is 10.2 Å². The standard InChI is InChI=1S/C25H28N4O4/c1-16-8-9-19-21(11-16)27-23(20-6-2-3-7-22(20)30)28-24(19)29-13-17(14-29)12-26-25(31)33-15-18-5-4-10-32-18/h2-3,6-9,11,17-18,30H,4-5,10,12-15H2,1H3,(H,26,31). The van der Waals surface area contributed by atoms with Crippen LogP contribution in [0.4, 0.5) is 10.6 Å². The molecule has 1 aromatic heterocycles. The summed E-state index contributed by atoms with van der Waals surface area (Å²) in [5, 5.41) is 14.1. The normalized spacial score (nSPS) is 18.3. The predicted octanol–water partition coefficient (Wildman–Crippen LogP) is 3.65. The first-order chi connectivity index (χ1) is 16.1. The van der Waals surface area contributed by atoms with E-state index in [9.17, 15) is 9.90 Å². The van der Waals surface area contributed by atoms with Crippen molar-refractivity contribution >= 4 is 22.8 Å². The second kappa shape index (κ2) is 9.23. The second-order valence-corrected chi connectivity index (χ2v) is 8.79. The van der Waals surface area contributed by atoms with Gasteiger partial charge in [-0.2, -0.15) is 0 Å². The molecule has 2 N–H and O–H groups in total. The number of nitrogens with zero attached hydrogens (tertiary/aromatic N) is 3. The molecule has 3 aromatic rings. The van der Waals surface area contributed by atoms with Gasteiger partial charge in [-0.25, -0.2) is 14.8 Å². The first-order valence-corrected chi connectivity index (χ1v) is 11.4. The van der Waals surface area contributed by atoms with E-state index in [1.54, 1.807) is 12.1 Å². The molecule has 172 valence electrons. The molecule has 8 nitrogen and oxygen atoms in total. The molecule has 2 aliphatic rings. The highest BCUT2D eigenvalue weighted by Gasteiger charge is 2.30. The molecule has 0 aliphatic carbocycles. The molecule has 2 fully saturated rings. The quantitative estimate of drug-likeness (QED) is 0.594. The minimum atomic E-state index is -0.395. The van der Waals surface area contributed by atoms with E-state index in [4.69, 9.17) is 19.4 Å². The molecule has 1 unspecified atom stereocenters. The third-order valence-electron chi connectivity index (χ3n) is 6.19. The molecule has 3 heterocycles. The van der Waals surface area contributed by atoms with Gasteiger partial charge in [0.25, 0.3) is 0 Å². The fourth-order valence-corrected chi connectivity index (χ4v) is 4.34. The molecule has 2 aliphatic heterocycles. The summed E-state index contributed by atoms with van der Waals surface area (Å²) in [5.41, 5.74) is 2.56. The summed E-state index contributed by atoms with van der Waals surface area (Å²) in [6, 6.07) is 13.2. The van der Waals surface area contributed by atoms with Crippen LogP contribution in [0.15, 0.2) is 42.5 Å². The smallest absolute Gasteiger partial charge is 0.407 e. The first-order valence-electron chi connectivity index (χ1n) is 11.4. The van der Waals surface area contributed by atoms with E-state index in [2.05, 4.69) is 16.3 Å². The van der Waals surface area contributed by atoms with E-state index in [1.807, 2.05) is 31.2 Å². The van der Waals surface area contributed by atoms with Crippen molar-refractivity contribution in [2.24, 2.45) is 5.92 Å². The van der Waals surface area contributed by atoms with E-state index >= 15 is 0 Å². The number of rotatable bonds is 6. The number of aromatic nitrogens is 2. The molecule has 0 spiro atoms. The lowest BCUT2D eigenvalue weighted by Gasteiger charge is -2.40. The topological polar surface area (TPSA) is 96.8 Å².